The van der Waals surface area contributed by atoms with Crippen LogP contribution in [0.4, 0.5) is 0 Å². The van der Waals surface area contributed by atoms with E-state index in [9.17, 15) is 0 Å². The van der Waals surface area contributed by atoms with Gasteiger partial charge in [-0.1, -0.05) is 30.3 Å². The maximum absolute atomic E-state index is 4.61. The van der Waals surface area contributed by atoms with Crippen molar-refractivity contribution in [3.05, 3.63) is 54.7 Å². The third kappa shape index (κ3) is 2.44. The topological polar surface area (TPSA) is 12.9 Å². The first-order valence-corrected chi connectivity index (χ1v) is 5.36. The molecule has 1 nitrogen and oxygen atoms in total. The van der Waals surface area contributed by atoms with Crippen molar-refractivity contribution in [3.8, 4) is 0 Å². The fourth-order valence-electron chi connectivity index (χ4n) is 1.67. The second-order valence-electron chi connectivity index (χ2n) is 3.68. The summed E-state index contributed by atoms with van der Waals surface area (Å²) in [7, 11) is 0. The Balaban J connectivity index is 2.19. The molecule has 0 fully saturated rings. The van der Waals surface area contributed by atoms with E-state index in [-0.39, 0.29) is 0 Å². The number of aryl methyl sites for hydroxylation is 1. The van der Waals surface area contributed by atoms with E-state index in [1.54, 1.807) is 0 Å². The largest absolute Gasteiger partial charge is 0.253 e. The van der Waals surface area contributed by atoms with E-state index in [4.69, 9.17) is 0 Å². The normalized spacial score (nSPS) is 10.4. The molecule has 0 N–H and O–H groups in total. The van der Waals surface area contributed by atoms with Crippen molar-refractivity contribution in [1.29, 1.82) is 0 Å². The number of nitrogens with zero attached hydrogens (tertiary/aromatic N) is 1. The Labute approximate surface area is 90.5 Å². The molecule has 1 aromatic carbocycles. The lowest BCUT2D eigenvalue weighted by Gasteiger charge is -2.01. The molecule has 0 aliphatic rings. The third-order valence-corrected chi connectivity index (χ3v) is 2.50. The molecule has 0 saturated heterocycles. The first kappa shape index (κ1) is 9.91. The molecule has 1 heterocycles. The highest BCUT2D eigenvalue weighted by Gasteiger charge is 1.96. The second-order valence-corrected chi connectivity index (χ2v) is 3.68. The molecule has 15 heavy (non-hydrogen) atoms. The molecule has 0 unspecified atom stereocenters. The summed E-state index contributed by atoms with van der Waals surface area (Å²) in [6.07, 6.45) is 5.20. The van der Waals surface area contributed by atoms with Crippen molar-refractivity contribution in [2.24, 2.45) is 0 Å². The summed E-state index contributed by atoms with van der Waals surface area (Å²) in [6.45, 7) is 3.72. The number of unbranched alkanes of at least 4 members (excludes halogenated alkanes) is 1. The van der Waals surface area contributed by atoms with Gasteiger partial charge in [-0.15, -0.1) is 6.58 Å². The quantitative estimate of drug-likeness (QED) is 0.537. The van der Waals surface area contributed by atoms with Crippen LogP contribution in [0.5, 0.6) is 0 Å². The van der Waals surface area contributed by atoms with Crippen LogP contribution in [-0.2, 0) is 6.42 Å². The lowest BCUT2D eigenvalue weighted by Crippen LogP contribution is -1.90. The molecule has 0 aliphatic carbocycles. The number of hydrogen-bond donors (Lipinski definition) is 0. The Bertz CT molecular complexity index is 460. The van der Waals surface area contributed by atoms with Crippen LogP contribution in [0.15, 0.2) is 49.1 Å². The molecule has 0 saturated carbocycles. The first-order chi connectivity index (χ1) is 7.40. The highest BCUT2D eigenvalue weighted by Crippen LogP contribution is 2.13. The number of pyridine rings is 1. The molecule has 1 aromatic heterocycles. The molecule has 76 valence electrons. The van der Waals surface area contributed by atoms with Crippen LogP contribution in [0.1, 0.15) is 18.5 Å². The minimum absolute atomic E-state index is 1.04. The Morgan fingerprint density at radius 1 is 1.13 bits per heavy atom. The van der Waals surface area contributed by atoms with Gasteiger partial charge in [-0.25, -0.2) is 0 Å². The van der Waals surface area contributed by atoms with Gasteiger partial charge in [0.1, 0.15) is 0 Å². The molecule has 2 rings (SSSR count). The molecule has 2 aromatic rings. The van der Waals surface area contributed by atoms with Crippen molar-refractivity contribution in [2.75, 3.05) is 0 Å². The van der Waals surface area contributed by atoms with Gasteiger partial charge in [0.25, 0.3) is 0 Å². The second kappa shape index (κ2) is 4.74. The summed E-state index contributed by atoms with van der Waals surface area (Å²) in [5.74, 6) is 0. The summed E-state index contributed by atoms with van der Waals surface area (Å²) < 4.78 is 0. The van der Waals surface area contributed by atoms with Gasteiger partial charge >= 0.3 is 0 Å². The van der Waals surface area contributed by atoms with Gasteiger partial charge in [0.05, 0.1) is 5.52 Å². The maximum Gasteiger partial charge on any atom is 0.0705 e. The number of para-hydroxylation sites is 1. The summed E-state index contributed by atoms with van der Waals surface area (Å²) >= 11 is 0. The van der Waals surface area contributed by atoms with Crippen LogP contribution in [0.25, 0.3) is 10.9 Å². The molecular formula is C14H15N. The van der Waals surface area contributed by atoms with Gasteiger partial charge in [0, 0.05) is 11.1 Å². The fraction of sp³-hybridized carbons (Fsp3) is 0.214. The van der Waals surface area contributed by atoms with Crippen LogP contribution in [0.2, 0.25) is 0 Å². The number of hydrogen-bond acceptors (Lipinski definition) is 1. The van der Waals surface area contributed by atoms with Crippen molar-refractivity contribution < 1.29 is 0 Å². The van der Waals surface area contributed by atoms with Crippen molar-refractivity contribution in [3.63, 3.8) is 0 Å². The van der Waals surface area contributed by atoms with Gasteiger partial charge in [-0.2, -0.15) is 0 Å². The van der Waals surface area contributed by atoms with Gasteiger partial charge in [-0.3, -0.25) is 4.98 Å². The first-order valence-electron chi connectivity index (χ1n) is 5.36. The molecule has 0 spiro atoms. The minimum atomic E-state index is 1.04. The highest BCUT2D eigenvalue weighted by atomic mass is 14.7. The Morgan fingerprint density at radius 2 is 2.00 bits per heavy atom. The summed E-state index contributed by atoms with van der Waals surface area (Å²) in [6, 6.07) is 12.5. The van der Waals surface area contributed by atoms with Crippen LogP contribution in [-0.4, -0.2) is 4.98 Å². The zero-order valence-corrected chi connectivity index (χ0v) is 8.82. The number of aromatic nitrogens is 1. The van der Waals surface area contributed by atoms with Gasteiger partial charge in [0.15, 0.2) is 0 Å². The highest BCUT2D eigenvalue weighted by molar-refractivity contribution is 5.78. The summed E-state index contributed by atoms with van der Waals surface area (Å²) in [5, 5.41) is 1.21. The van der Waals surface area contributed by atoms with Crippen molar-refractivity contribution >= 4 is 10.9 Å². The fourth-order valence-corrected chi connectivity index (χ4v) is 1.67. The van der Waals surface area contributed by atoms with Crippen LogP contribution in [0, 0.1) is 0 Å². The summed E-state index contributed by atoms with van der Waals surface area (Å²) in [5.41, 5.74) is 2.27. The van der Waals surface area contributed by atoms with Crippen LogP contribution in [0.3, 0.4) is 0 Å². The van der Waals surface area contributed by atoms with E-state index in [1.165, 1.54) is 11.1 Å². The van der Waals surface area contributed by atoms with Crippen LogP contribution < -0.4 is 0 Å². The lowest BCUT2D eigenvalue weighted by atomic mass is 10.1. The van der Waals surface area contributed by atoms with E-state index in [1.807, 2.05) is 18.2 Å². The monoisotopic (exact) mass is 197 g/mol. The Kier molecular flexibility index (Phi) is 3.13. The standard InChI is InChI=1S/C14H15N/c1-2-3-4-8-13-11-10-12-7-5-6-9-14(12)15-13/h2,5-7,9-11H,1,3-4,8H2. The van der Waals surface area contributed by atoms with E-state index in [2.05, 4.69) is 35.8 Å². The smallest absolute Gasteiger partial charge is 0.0705 e. The lowest BCUT2D eigenvalue weighted by molar-refractivity contribution is 0.823. The third-order valence-electron chi connectivity index (χ3n) is 2.50. The van der Waals surface area contributed by atoms with E-state index < -0.39 is 0 Å². The van der Waals surface area contributed by atoms with E-state index in [0.717, 1.165) is 24.8 Å². The number of allylic oxidation sites excluding steroid dienone is 1. The number of fused-ring (bicyclic) bond motifs is 1. The zero-order valence-electron chi connectivity index (χ0n) is 8.82. The molecular weight excluding hydrogens is 182 g/mol. The molecule has 1 heteroatoms. The van der Waals surface area contributed by atoms with Gasteiger partial charge in [0.2, 0.25) is 0 Å². The Hall–Kier alpha value is -1.63. The number of rotatable bonds is 4. The van der Waals surface area contributed by atoms with Crippen LogP contribution >= 0.6 is 0 Å². The maximum atomic E-state index is 4.61. The SMILES string of the molecule is C=CCCCc1ccc2ccccc2n1. The van der Waals surface area contributed by atoms with Crippen molar-refractivity contribution in [1.82, 2.24) is 4.98 Å². The van der Waals surface area contributed by atoms with Gasteiger partial charge < -0.3 is 0 Å². The summed E-state index contributed by atoms with van der Waals surface area (Å²) in [4.78, 5) is 4.61. The average molecular weight is 197 g/mol. The van der Waals surface area contributed by atoms with E-state index in [0.29, 0.717) is 0 Å². The zero-order chi connectivity index (χ0) is 10.5. The molecule has 0 atom stereocenters. The molecule has 0 radical (unpaired) electrons. The molecule has 0 bridgehead atoms. The number of benzene rings is 1. The predicted molar refractivity (Wildman–Crippen MR) is 64.9 cm³/mol. The minimum Gasteiger partial charge on any atom is -0.253 e. The average Bonchev–Trinajstić information content (AvgIpc) is 2.29. The van der Waals surface area contributed by atoms with Gasteiger partial charge in [-0.05, 0) is 31.4 Å². The van der Waals surface area contributed by atoms with E-state index >= 15 is 0 Å². The predicted octanol–water partition coefficient (Wildman–Crippen LogP) is 3.74. The molecule has 0 aliphatic heterocycles. The Morgan fingerprint density at radius 3 is 2.87 bits per heavy atom. The van der Waals surface area contributed by atoms with Crippen molar-refractivity contribution in [2.45, 2.75) is 19.3 Å². The molecule has 0 amide bonds.